The molecule has 0 saturated heterocycles. The number of benzene rings is 2. The number of carbonyl (C=O) groups is 1. The Morgan fingerprint density at radius 3 is 2.58 bits per heavy atom. The van der Waals surface area contributed by atoms with E-state index >= 15 is 0 Å². The van der Waals surface area contributed by atoms with Crippen molar-refractivity contribution in [3.63, 3.8) is 0 Å². The van der Waals surface area contributed by atoms with Crippen molar-refractivity contribution in [2.24, 2.45) is 5.92 Å². The third-order valence-corrected chi connectivity index (χ3v) is 4.10. The Morgan fingerprint density at radius 1 is 1.12 bits per heavy atom. The third kappa shape index (κ3) is 3.65. The zero-order valence-electron chi connectivity index (χ0n) is 13.6. The van der Waals surface area contributed by atoms with Crippen molar-refractivity contribution < 1.29 is 9.53 Å². The van der Waals surface area contributed by atoms with E-state index in [2.05, 4.69) is 15.9 Å². The second-order valence-electron chi connectivity index (χ2n) is 6.07. The van der Waals surface area contributed by atoms with E-state index in [1.54, 1.807) is 0 Å². The Morgan fingerprint density at radius 2 is 1.88 bits per heavy atom. The van der Waals surface area contributed by atoms with Crippen molar-refractivity contribution in [3.05, 3.63) is 64.6 Å². The average molecular weight is 384 g/mol. The maximum atomic E-state index is 12.6. The third-order valence-electron chi connectivity index (χ3n) is 3.61. The summed E-state index contributed by atoms with van der Waals surface area (Å²) in [4.78, 5) is 17.3. The predicted molar refractivity (Wildman–Crippen MR) is 100.0 cm³/mol. The second-order valence-corrected chi connectivity index (χ2v) is 6.99. The number of halogens is 1. The number of fused-ring (bicyclic) bond motifs is 1. The van der Waals surface area contributed by atoms with Gasteiger partial charge in [0.25, 0.3) is 0 Å². The van der Waals surface area contributed by atoms with E-state index in [4.69, 9.17) is 9.72 Å². The number of hydrogen-bond donors (Lipinski definition) is 0. The van der Waals surface area contributed by atoms with E-state index in [0.717, 1.165) is 26.6 Å². The molecule has 0 amide bonds. The minimum atomic E-state index is -0.314. The SMILES string of the molecule is CC(C)COC(=O)c1cc(-c2ccccc2)nc2ccc(Br)cc12. The molecule has 1 aromatic heterocycles. The fraction of sp³-hybridized carbons (Fsp3) is 0.200. The van der Waals surface area contributed by atoms with Crippen LogP contribution in [0.4, 0.5) is 0 Å². The fourth-order valence-corrected chi connectivity index (χ4v) is 2.80. The molecule has 0 aliphatic heterocycles. The second kappa shape index (κ2) is 7.14. The molecule has 3 nitrogen and oxygen atoms in total. The topological polar surface area (TPSA) is 39.2 Å². The molecule has 0 N–H and O–H groups in total. The van der Waals surface area contributed by atoms with Gasteiger partial charge in [-0.05, 0) is 30.2 Å². The van der Waals surface area contributed by atoms with Gasteiger partial charge in [-0.3, -0.25) is 0 Å². The van der Waals surface area contributed by atoms with Gasteiger partial charge in [0.2, 0.25) is 0 Å². The van der Waals surface area contributed by atoms with Gasteiger partial charge in [-0.25, -0.2) is 9.78 Å². The summed E-state index contributed by atoms with van der Waals surface area (Å²) in [6.07, 6.45) is 0. The zero-order chi connectivity index (χ0) is 17.1. The highest BCUT2D eigenvalue weighted by Crippen LogP contribution is 2.27. The lowest BCUT2D eigenvalue weighted by atomic mass is 10.0. The largest absolute Gasteiger partial charge is 0.462 e. The first kappa shape index (κ1) is 16.7. The minimum absolute atomic E-state index is 0.294. The van der Waals surface area contributed by atoms with Crippen LogP contribution in [-0.2, 0) is 4.74 Å². The summed E-state index contributed by atoms with van der Waals surface area (Å²) in [6, 6.07) is 17.4. The summed E-state index contributed by atoms with van der Waals surface area (Å²) >= 11 is 3.46. The molecular weight excluding hydrogens is 366 g/mol. The van der Waals surface area contributed by atoms with Gasteiger partial charge in [0.1, 0.15) is 0 Å². The van der Waals surface area contributed by atoms with E-state index in [-0.39, 0.29) is 5.97 Å². The average Bonchev–Trinajstić information content (AvgIpc) is 2.59. The highest BCUT2D eigenvalue weighted by atomic mass is 79.9. The number of esters is 1. The van der Waals surface area contributed by atoms with Crippen LogP contribution in [0, 0.1) is 5.92 Å². The van der Waals surface area contributed by atoms with Crippen LogP contribution in [0.15, 0.2) is 59.1 Å². The summed E-state index contributed by atoms with van der Waals surface area (Å²) in [6.45, 7) is 4.44. The molecule has 0 aliphatic rings. The van der Waals surface area contributed by atoms with Gasteiger partial charge in [-0.2, -0.15) is 0 Å². The van der Waals surface area contributed by atoms with E-state index in [9.17, 15) is 4.79 Å². The first-order valence-electron chi connectivity index (χ1n) is 7.87. The normalized spacial score (nSPS) is 11.0. The Hall–Kier alpha value is -2.20. The number of aromatic nitrogens is 1. The molecule has 0 unspecified atom stereocenters. The van der Waals surface area contributed by atoms with Gasteiger partial charge >= 0.3 is 5.97 Å². The minimum Gasteiger partial charge on any atom is -0.462 e. The molecule has 3 aromatic rings. The fourth-order valence-electron chi connectivity index (χ4n) is 2.44. The van der Waals surface area contributed by atoms with Crippen LogP contribution in [0.25, 0.3) is 22.2 Å². The van der Waals surface area contributed by atoms with Crippen molar-refractivity contribution >= 4 is 32.8 Å². The Labute approximate surface area is 149 Å². The monoisotopic (exact) mass is 383 g/mol. The Balaban J connectivity index is 2.13. The van der Waals surface area contributed by atoms with Crippen molar-refractivity contribution in [1.82, 2.24) is 4.98 Å². The quantitative estimate of drug-likeness (QED) is 0.560. The van der Waals surface area contributed by atoms with E-state index < -0.39 is 0 Å². The van der Waals surface area contributed by atoms with E-state index in [1.165, 1.54) is 0 Å². The molecule has 0 atom stereocenters. The number of carbonyl (C=O) groups excluding carboxylic acids is 1. The summed E-state index contributed by atoms with van der Waals surface area (Å²) in [7, 11) is 0. The molecule has 0 fully saturated rings. The standard InChI is InChI=1S/C20H18BrNO2/c1-13(2)12-24-20(23)17-11-19(14-6-4-3-5-7-14)22-18-9-8-15(21)10-16(17)18/h3-11,13H,12H2,1-2H3. The Kier molecular flexibility index (Phi) is 4.95. The van der Waals surface area contributed by atoms with Crippen molar-refractivity contribution in [2.75, 3.05) is 6.61 Å². The van der Waals surface area contributed by atoms with E-state index in [1.807, 2.05) is 68.4 Å². The highest BCUT2D eigenvalue weighted by Gasteiger charge is 2.16. The molecule has 0 aliphatic carbocycles. The van der Waals surface area contributed by atoms with Crippen molar-refractivity contribution in [1.29, 1.82) is 0 Å². The maximum Gasteiger partial charge on any atom is 0.338 e. The van der Waals surface area contributed by atoms with Crippen LogP contribution in [0.5, 0.6) is 0 Å². The number of pyridine rings is 1. The van der Waals surface area contributed by atoms with Crippen molar-refractivity contribution in [3.8, 4) is 11.3 Å². The molecule has 0 radical (unpaired) electrons. The summed E-state index contributed by atoms with van der Waals surface area (Å²) < 4.78 is 6.35. The van der Waals surface area contributed by atoms with Crippen LogP contribution in [0.2, 0.25) is 0 Å². The highest BCUT2D eigenvalue weighted by molar-refractivity contribution is 9.10. The van der Waals surface area contributed by atoms with Gasteiger partial charge < -0.3 is 4.74 Å². The van der Waals surface area contributed by atoms with Gasteiger partial charge in [-0.1, -0.05) is 60.1 Å². The lowest BCUT2D eigenvalue weighted by Gasteiger charge is -2.11. The molecule has 0 bridgehead atoms. The first-order chi connectivity index (χ1) is 11.5. The molecule has 1 heterocycles. The Bertz CT molecular complexity index is 875. The molecule has 0 saturated carbocycles. The molecule has 2 aromatic carbocycles. The number of ether oxygens (including phenoxy) is 1. The summed E-state index contributed by atoms with van der Waals surface area (Å²) in [5.74, 6) is -0.0197. The summed E-state index contributed by atoms with van der Waals surface area (Å²) in [5, 5.41) is 0.790. The van der Waals surface area contributed by atoms with Crippen LogP contribution < -0.4 is 0 Å². The van der Waals surface area contributed by atoms with Gasteiger partial charge in [0, 0.05) is 15.4 Å². The number of hydrogen-bond acceptors (Lipinski definition) is 3. The first-order valence-corrected chi connectivity index (χ1v) is 8.67. The summed E-state index contributed by atoms with van der Waals surface area (Å²) in [5.41, 5.74) is 3.05. The molecule has 4 heteroatoms. The van der Waals surface area contributed by atoms with Crippen LogP contribution in [0.3, 0.4) is 0 Å². The van der Waals surface area contributed by atoms with Crippen LogP contribution in [-0.4, -0.2) is 17.6 Å². The van der Waals surface area contributed by atoms with Gasteiger partial charge in [-0.15, -0.1) is 0 Å². The molecule has 3 rings (SSSR count). The van der Waals surface area contributed by atoms with Crippen molar-refractivity contribution in [2.45, 2.75) is 13.8 Å². The molecule has 122 valence electrons. The lowest BCUT2D eigenvalue weighted by molar-refractivity contribution is 0.0461. The van der Waals surface area contributed by atoms with Crippen LogP contribution >= 0.6 is 15.9 Å². The number of nitrogens with zero attached hydrogens (tertiary/aromatic N) is 1. The lowest BCUT2D eigenvalue weighted by Crippen LogP contribution is -2.11. The number of rotatable bonds is 4. The smallest absolute Gasteiger partial charge is 0.338 e. The van der Waals surface area contributed by atoms with Crippen LogP contribution in [0.1, 0.15) is 24.2 Å². The molecular formula is C20H18BrNO2. The zero-order valence-corrected chi connectivity index (χ0v) is 15.2. The predicted octanol–water partition coefficient (Wildman–Crippen LogP) is 5.48. The molecule has 0 spiro atoms. The van der Waals surface area contributed by atoms with Gasteiger partial charge in [0.15, 0.2) is 0 Å². The molecule has 24 heavy (non-hydrogen) atoms. The van der Waals surface area contributed by atoms with E-state index in [0.29, 0.717) is 18.1 Å². The van der Waals surface area contributed by atoms with Gasteiger partial charge in [0.05, 0.1) is 23.4 Å². The maximum absolute atomic E-state index is 12.6.